The highest BCUT2D eigenvalue weighted by Gasteiger charge is 2.67. The lowest BCUT2D eigenvalue weighted by Crippen LogP contribution is -2.57. The molecule has 5 rings (SSSR count). The standard InChI is InChI=1S/C27H42O4/c1-15(14-28)5-8-22-16(2)25-23(31-22)12-21-19-7-6-17-11-18(29)9-10-26(17,3)20(19)13-24(30)27(21,25)4/h15,17-21,23,25,28-29H,5-14H2,1-4H3/t15-,17-,18-,19-,20+,21+,23-,25+,26+,27-/m1/s1. The van der Waals surface area contributed by atoms with Crippen LogP contribution in [0, 0.1) is 46.3 Å². The maximum atomic E-state index is 13.9. The third-order valence-electron chi connectivity index (χ3n) is 10.9. The Labute approximate surface area is 187 Å². The summed E-state index contributed by atoms with van der Waals surface area (Å²) in [6.45, 7) is 9.21. The fourth-order valence-corrected chi connectivity index (χ4v) is 8.97. The number of rotatable bonds is 4. The van der Waals surface area contributed by atoms with Gasteiger partial charge in [0.1, 0.15) is 11.9 Å². The summed E-state index contributed by atoms with van der Waals surface area (Å²) in [5.74, 6) is 4.23. The molecule has 0 aromatic rings. The number of hydrogen-bond donors (Lipinski definition) is 2. The number of aliphatic hydroxyl groups is 2. The highest BCUT2D eigenvalue weighted by Crippen LogP contribution is 2.68. The van der Waals surface area contributed by atoms with Crippen molar-refractivity contribution in [2.75, 3.05) is 6.61 Å². The molecule has 2 N–H and O–H groups in total. The summed E-state index contributed by atoms with van der Waals surface area (Å²) >= 11 is 0. The normalized spacial score (nSPS) is 49.7. The van der Waals surface area contributed by atoms with Gasteiger partial charge >= 0.3 is 0 Å². The van der Waals surface area contributed by atoms with Crippen molar-refractivity contribution in [3.05, 3.63) is 11.3 Å². The Morgan fingerprint density at radius 3 is 2.68 bits per heavy atom. The van der Waals surface area contributed by atoms with E-state index in [1.165, 1.54) is 18.4 Å². The lowest BCUT2D eigenvalue weighted by atomic mass is 9.44. The molecule has 0 unspecified atom stereocenters. The number of aliphatic hydroxyl groups excluding tert-OH is 2. The molecule has 0 aromatic carbocycles. The fourth-order valence-electron chi connectivity index (χ4n) is 8.97. The first-order valence-electron chi connectivity index (χ1n) is 12.9. The topological polar surface area (TPSA) is 66.8 Å². The Morgan fingerprint density at radius 2 is 1.94 bits per heavy atom. The summed E-state index contributed by atoms with van der Waals surface area (Å²) in [7, 11) is 0. The van der Waals surface area contributed by atoms with Crippen LogP contribution in [-0.2, 0) is 9.53 Å². The van der Waals surface area contributed by atoms with Gasteiger partial charge in [-0.3, -0.25) is 4.79 Å². The van der Waals surface area contributed by atoms with Crippen LogP contribution in [0.4, 0.5) is 0 Å². The van der Waals surface area contributed by atoms with Crippen molar-refractivity contribution < 1.29 is 19.7 Å². The van der Waals surface area contributed by atoms with Crippen LogP contribution in [0.5, 0.6) is 0 Å². The molecule has 10 atom stereocenters. The molecule has 174 valence electrons. The van der Waals surface area contributed by atoms with Crippen LogP contribution in [0.15, 0.2) is 11.3 Å². The second-order valence-corrected chi connectivity index (χ2v) is 12.3. The maximum Gasteiger partial charge on any atom is 0.140 e. The SMILES string of the molecule is CC1=C(CC[C@@H](C)CO)O[C@@H]2C[C@H]3[C@@H]4CC[C@@H]5C[C@H](O)CC[C@]5(C)[C@H]4CC(=O)[C@]3(C)[C@@H]12. The number of carbonyl (C=O) groups excluding carboxylic acids is 1. The van der Waals surface area contributed by atoms with Crippen LogP contribution in [0.1, 0.15) is 85.5 Å². The van der Waals surface area contributed by atoms with E-state index in [-0.39, 0.29) is 41.5 Å². The van der Waals surface area contributed by atoms with Gasteiger partial charge in [-0.1, -0.05) is 20.8 Å². The second-order valence-electron chi connectivity index (χ2n) is 12.3. The maximum absolute atomic E-state index is 13.9. The number of ether oxygens (including phenoxy) is 1. The van der Waals surface area contributed by atoms with E-state index in [1.807, 2.05) is 0 Å². The summed E-state index contributed by atoms with van der Waals surface area (Å²) in [6, 6.07) is 0. The first kappa shape index (κ1) is 21.9. The van der Waals surface area contributed by atoms with Crippen molar-refractivity contribution in [1.29, 1.82) is 0 Å². The third-order valence-corrected chi connectivity index (χ3v) is 10.9. The molecule has 0 aromatic heterocycles. The minimum Gasteiger partial charge on any atom is -0.494 e. The molecule has 4 aliphatic carbocycles. The monoisotopic (exact) mass is 430 g/mol. The number of hydrogen-bond acceptors (Lipinski definition) is 4. The van der Waals surface area contributed by atoms with Crippen molar-refractivity contribution in [2.24, 2.45) is 46.3 Å². The van der Waals surface area contributed by atoms with E-state index >= 15 is 0 Å². The molecule has 5 aliphatic rings. The highest BCUT2D eigenvalue weighted by atomic mass is 16.5. The molecule has 0 bridgehead atoms. The van der Waals surface area contributed by atoms with Gasteiger partial charge < -0.3 is 14.9 Å². The van der Waals surface area contributed by atoms with Gasteiger partial charge in [-0.05, 0) is 92.4 Å². The summed E-state index contributed by atoms with van der Waals surface area (Å²) in [6.07, 6.45) is 8.93. The van der Waals surface area contributed by atoms with E-state index in [0.29, 0.717) is 29.5 Å². The Bertz CT molecular complexity index is 773. The lowest BCUT2D eigenvalue weighted by molar-refractivity contribution is -0.158. The van der Waals surface area contributed by atoms with Crippen molar-refractivity contribution in [2.45, 2.75) is 97.7 Å². The third kappa shape index (κ3) is 3.10. The number of ketones is 1. The molecule has 0 amide bonds. The molecule has 0 saturated heterocycles. The van der Waals surface area contributed by atoms with Gasteiger partial charge in [0.05, 0.1) is 11.9 Å². The van der Waals surface area contributed by atoms with Crippen molar-refractivity contribution in [1.82, 2.24) is 0 Å². The minimum absolute atomic E-state index is 0.141. The zero-order valence-electron chi connectivity index (χ0n) is 19.9. The average molecular weight is 431 g/mol. The van der Waals surface area contributed by atoms with E-state index in [9.17, 15) is 15.0 Å². The average Bonchev–Trinajstić information content (AvgIpc) is 3.22. The summed E-state index contributed by atoms with van der Waals surface area (Å²) in [4.78, 5) is 13.9. The molecule has 4 heteroatoms. The van der Waals surface area contributed by atoms with Crippen LogP contribution < -0.4 is 0 Å². The van der Waals surface area contributed by atoms with E-state index < -0.39 is 0 Å². The van der Waals surface area contributed by atoms with Crippen LogP contribution in [0.25, 0.3) is 0 Å². The summed E-state index contributed by atoms with van der Waals surface area (Å²) in [5, 5.41) is 19.6. The minimum atomic E-state index is -0.280. The van der Waals surface area contributed by atoms with Crippen molar-refractivity contribution in [3.63, 3.8) is 0 Å². The fraction of sp³-hybridized carbons (Fsp3) is 0.889. The first-order chi connectivity index (χ1) is 14.7. The Hall–Kier alpha value is -0.870. The van der Waals surface area contributed by atoms with Crippen molar-refractivity contribution in [3.8, 4) is 0 Å². The summed E-state index contributed by atoms with van der Waals surface area (Å²) < 4.78 is 6.54. The predicted molar refractivity (Wildman–Crippen MR) is 120 cm³/mol. The van der Waals surface area contributed by atoms with Gasteiger partial charge in [0.25, 0.3) is 0 Å². The zero-order chi connectivity index (χ0) is 22.1. The van der Waals surface area contributed by atoms with Gasteiger partial charge in [0.2, 0.25) is 0 Å². The van der Waals surface area contributed by atoms with Gasteiger partial charge in [0.15, 0.2) is 0 Å². The molecule has 0 radical (unpaired) electrons. The van der Waals surface area contributed by atoms with Gasteiger partial charge in [-0.2, -0.15) is 0 Å². The van der Waals surface area contributed by atoms with Crippen molar-refractivity contribution >= 4 is 5.78 Å². The van der Waals surface area contributed by atoms with Gasteiger partial charge in [-0.25, -0.2) is 0 Å². The Morgan fingerprint density at radius 1 is 1.16 bits per heavy atom. The molecule has 4 nitrogen and oxygen atoms in total. The molecule has 1 heterocycles. The molecule has 31 heavy (non-hydrogen) atoms. The summed E-state index contributed by atoms with van der Waals surface area (Å²) in [5.41, 5.74) is 1.25. The number of carbonyl (C=O) groups is 1. The molecule has 4 saturated carbocycles. The highest BCUT2D eigenvalue weighted by molar-refractivity contribution is 5.87. The molecule has 4 fully saturated rings. The van der Waals surface area contributed by atoms with E-state index in [1.54, 1.807) is 0 Å². The van der Waals surface area contributed by atoms with Crippen LogP contribution in [-0.4, -0.2) is 34.8 Å². The molecular formula is C27H42O4. The number of allylic oxidation sites excluding steroid dienone is 1. The van der Waals surface area contributed by atoms with E-state index in [4.69, 9.17) is 4.74 Å². The largest absolute Gasteiger partial charge is 0.494 e. The van der Waals surface area contributed by atoms with Gasteiger partial charge in [-0.15, -0.1) is 0 Å². The van der Waals surface area contributed by atoms with E-state index in [0.717, 1.165) is 50.7 Å². The van der Waals surface area contributed by atoms with E-state index in [2.05, 4.69) is 27.7 Å². The predicted octanol–water partition coefficient (Wildman–Crippen LogP) is 4.88. The number of Topliss-reactive ketones (excluding diaryl/α,β-unsaturated/α-hetero) is 1. The molecule has 0 spiro atoms. The van der Waals surface area contributed by atoms with Gasteiger partial charge in [0, 0.05) is 30.8 Å². The van der Waals surface area contributed by atoms with Crippen LogP contribution >= 0.6 is 0 Å². The quantitative estimate of drug-likeness (QED) is 0.667. The van der Waals surface area contributed by atoms with Crippen LogP contribution in [0.3, 0.4) is 0 Å². The Balaban J connectivity index is 1.41. The molecule has 1 aliphatic heterocycles. The van der Waals surface area contributed by atoms with Crippen LogP contribution in [0.2, 0.25) is 0 Å². The number of fused-ring (bicyclic) bond motifs is 7. The first-order valence-corrected chi connectivity index (χ1v) is 12.9. The molecular weight excluding hydrogens is 388 g/mol. The smallest absolute Gasteiger partial charge is 0.140 e. The second kappa shape index (κ2) is 7.58. The lowest BCUT2D eigenvalue weighted by Gasteiger charge is -2.60. The zero-order valence-corrected chi connectivity index (χ0v) is 19.9. The Kier molecular flexibility index (Phi) is 5.37.